The van der Waals surface area contributed by atoms with E-state index in [1.54, 1.807) is 36.7 Å². The number of carbonyl (C=O) groups is 2. The first kappa shape index (κ1) is 13.9. The maximum atomic E-state index is 12.1. The first-order chi connectivity index (χ1) is 9.60. The zero-order valence-corrected chi connectivity index (χ0v) is 11.3. The summed E-state index contributed by atoms with van der Waals surface area (Å²) in [5.74, 6) is -0.493. The standard InChI is InChI=1S/C15H14N2O3/c1-10-8-17-13(9-16-10)7-14(18)11-3-5-12(6-4-11)15(19)20-2/h3-6,8-9H,7H2,1-2H3. The van der Waals surface area contributed by atoms with E-state index >= 15 is 0 Å². The molecule has 0 fully saturated rings. The van der Waals surface area contributed by atoms with E-state index in [1.807, 2.05) is 6.92 Å². The Labute approximate surface area is 116 Å². The van der Waals surface area contributed by atoms with Crippen molar-refractivity contribution in [2.24, 2.45) is 0 Å². The molecule has 0 radical (unpaired) electrons. The molecule has 1 heterocycles. The molecule has 0 unspecified atom stereocenters. The van der Waals surface area contributed by atoms with Gasteiger partial charge in [0.2, 0.25) is 0 Å². The molecule has 0 aliphatic heterocycles. The van der Waals surface area contributed by atoms with Crippen LogP contribution in [0.1, 0.15) is 32.1 Å². The van der Waals surface area contributed by atoms with Crippen molar-refractivity contribution >= 4 is 11.8 Å². The minimum Gasteiger partial charge on any atom is -0.465 e. The highest BCUT2D eigenvalue weighted by Gasteiger charge is 2.10. The summed E-state index contributed by atoms with van der Waals surface area (Å²) >= 11 is 0. The van der Waals surface area contributed by atoms with Crippen molar-refractivity contribution in [3.63, 3.8) is 0 Å². The highest BCUT2D eigenvalue weighted by molar-refractivity contribution is 5.98. The summed E-state index contributed by atoms with van der Waals surface area (Å²) in [5.41, 5.74) is 2.38. The van der Waals surface area contributed by atoms with E-state index in [2.05, 4.69) is 14.7 Å². The Kier molecular flexibility index (Phi) is 4.20. The Hall–Kier alpha value is -2.56. The second kappa shape index (κ2) is 6.06. The van der Waals surface area contributed by atoms with E-state index in [1.165, 1.54) is 7.11 Å². The number of nitrogens with zero attached hydrogens (tertiary/aromatic N) is 2. The van der Waals surface area contributed by atoms with Crippen molar-refractivity contribution < 1.29 is 14.3 Å². The molecule has 0 aliphatic rings. The summed E-state index contributed by atoms with van der Waals surface area (Å²) in [6.45, 7) is 1.84. The number of aromatic nitrogens is 2. The molecule has 5 heteroatoms. The predicted molar refractivity (Wildman–Crippen MR) is 72.6 cm³/mol. The summed E-state index contributed by atoms with van der Waals surface area (Å²) < 4.78 is 4.60. The summed E-state index contributed by atoms with van der Waals surface area (Å²) in [6, 6.07) is 6.35. The van der Waals surface area contributed by atoms with Crippen LogP contribution in [0.2, 0.25) is 0 Å². The Morgan fingerprint density at radius 3 is 2.25 bits per heavy atom. The van der Waals surface area contributed by atoms with E-state index in [0.717, 1.165) is 5.69 Å². The second-order valence-electron chi connectivity index (χ2n) is 4.32. The highest BCUT2D eigenvalue weighted by Crippen LogP contribution is 2.09. The van der Waals surface area contributed by atoms with Crippen molar-refractivity contribution in [1.29, 1.82) is 0 Å². The number of carbonyl (C=O) groups excluding carboxylic acids is 2. The van der Waals surface area contributed by atoms with Gasteiger partial charge in [0.05, 0.1) is 30.5 Å². The van der Waals surface area contributed by atoms with E-state index in [9.17, 15) is 9.59 Å². The van der Waals surface area contributed by atoms with Crippen LogP contribution in [-0.4, -0.2) is 28.8 Å². The zero-order chi connectivity index (χ0) is 14.5. The average molecular weight is 270 g/mol. The summed E-state index contributed by atoms with van der Waals surface area (Å²) in [5, 5.41) is 0. The Bertz CT molecular complexity index is 619. The number of ether oxygens (including phenoxy) is 1. The summed E-state index contributed by atoms with van der Waals surface area (Å²) in [7, 11) is 1.32. The van der Waals surface area contributed by atoms with Crippen molar-refractivity contribution in [1.82, 2.24) is 9.97 Å². The lowest BCUT2D eigenvalue weighted by atomic mass is 10.0. The topological polar surface area (TPSA) is 69.2 Å². The molecule has 2 aromatic rings. The average Bonchev–Trinajstić information content (AvgIpc) is 2.49. The summed E-state index contributed by atoms with van der Waals surface area (Å²) in [4.78, 5) is 31.6. The lowest BCUT2D eigenvalue weighted by molar-refractivity contribution is 0.0600. The SMILES string of the molecule is COC(=O)c1ccc(C(=O)Cc2cnc(C)cn2)cc1. The quantitative estimate of drug-likeness (QED) is 0.627. The van der Waals surface area contributed by atoms with Gasteiger partial charge in [-0.1, -0.05) is 12.1 Å². The molecule has 0 aliphatic carbocycles. The number of rotatable bonds is 4. The number of esters is 1. The van der Waals surface area contributed by atoms with Crippen LogP contribution in [0.25, 0.3) is 0 Å². The number of hydrogen-bond acceptors (Lipinski definition) is 5. The van der Waals surface area contributed by atoms with Crippen LogP contribution in [0.3, 0.4) is 0 Å². The fraction of sp³-hybridized carbons (Fsp3) is 0.200. The van der Waals surface area contributed by atoms with Gasteiger partial charge in [-0.25, -0.2) is 4.79 Å². The molecular formula is C15H14N2O3. The van der Waals surface area contributed by atoms with Crippen LogP contribution in [0.15, 0.2) is 36.7 Å². The Morgan fingerprint density at radius 1 is 1.05 bits per heavy atom. The van der Waals surface area contributed by atoms with Crippen molar-refractivity contribution in [2.75, 3.05) is 7.11 Å². The van der Waals surface area contributed by atoms with Gasteiger partial charge < -0.3 is 4.74 Å². The van der Waals surface area contributed by atoms with E-state index in [4.69, 9.17) is 0 Å². The van der Waals surface area contributed by atoms with Gasteiger partial charge in [0.25, 0.3) is 0 Å². The van der Waals surface area contributed by atoms with Gasteiger partial charge in [0.15, 0.2) is 5.78 Å². The largest absolute Gasteiger partial charge is 0.465 e. The molecule has 2 rings (SSSR count). The molecule has 1 aromatic heterocycles. The first-order valence-electron chi connectivity index (χ1n) is 6.09. The normalized spacial score (nSPS) is 10.1. The Morgan fingerprint density at radius 2 is 1.70 bits per heavy atom. The molecule has 0 spiro atoms. The van der Waals surface area contributed by atoms with Gasteiger partial charge in [-0.05, 0) is 19.1 Å². The minimum absolute atomic E-state index is 0.0698. The highest BCUT2D eigenvalue weighted by atomic mass is 16.5. The van der Waals surface area contributed by atoms with Gasteiger partial charge in [0.1, 0.15) is 0 Å². The zero-order valence-electron chi connectivity index (χ0n) is 11.3. The fourth-order valence-corrected chi connectivity index (χ4v) is 1.69. The number of ketones is 1. The lowest BCUT2D eigenvalue weighted by Gasteiger charge is -2.03. The molecule has 20 heavy (non-hydrogen) atoms. The summed E-state index contributed by atoms with van der Waals surface area (Å²) in [6.07, 6.45) is 3.41. The molecule has 0 saturated heterocycles. The van der Waals surface area contributed by atoms with Crippen LogP contribution in [0.5, 0.6) is 0 Å². The number of hydrogen-bond donors (Lipinski definition) is 0. The third-order valence-electron chi connectivity index (χ3n) is 2.80. The Balaban J connectivity index is 2.09. The predicted octanol–water partition coefficient (Wildman–Crippen LogP) is 2.00. The van der Waals surface area contributed by atoms with Crippen LogP contribution in [0.4, 0.5) is 0 Å². The first-order valence-corrected chi connectivity index (χ1v) is 6.09. The van der Waals surface area contributed by atoms with Crippen LogP contribution in [0, 0.1) is 6.92 Å². The van der Waals surface area contributed by atoms with E-state index in [-0.39, 0.29) is 12.2 Å². The number of Topliss-reactive ketones (excluding diaryl/α,β-unsaturated/α-hetero) is 1. The molecule has 0 saturated carbocycles. The molecule has 0 amide bonds. The van der Waals surface area contributed by atoms with Crippen LogP contribution >= 0.6 is 0 Å². The fourth-order valence-electron chi connectivity index (χ4n) is 1.69. The van der Waals surface area contributed by atoms with Gasteiger partial charge in [0, 0.05) is 18.0 Å². The maximum Gasteiger partial charge on any atom is 0.337 e. The van der Waals surface area contributed by atoms with Gasteiger partial charge in [-0.2, -0.15) is 0 Å². The lowest BCUT2D eigenvalue weighted by Crippen LogP contribution is -2.07. The van der Waals surface area contributed by atoms with Crippen molar-refractivity contribution in [3.8, 4) is 0 Å². The second-order valence-corrected chi connectivity index (χ2v) is 4.32. The van der Waals surface area contributed by atoms with Crippen LogP contribution < -0.4 is 0 Å². The number of methoxy groups -OCH3 is 1. The molecule has 0 bridgehead atoms. The third-order valence-corrected chi connectivity index (χ3v) is 2.80. The van der Waals surface area contributed by atoms with Crippen molar-refractivity contribution in [2.45, 2.75) is 13.3 Å². The number of aryl methyl sites for hydroxylation is 1. The molecule has 0 N–H and O–H groups in total. The molecule has 0 atom stereocenters. The molecule has 102 valence electrons. The number of benzene rings is 1. The minimum atomic E-state index is -0.423. The molecular weight excluding hydrogens is 256 g/mol. The smallest absolute Gasteiger partial charge is 0.337 e. The van der Waals surface area contributed by atoms with Gasteiger partial charge >= 0.3 is 5.97 Å². The molecule has 5 nitrogen and oxygen atoms in total. The van der Waals surface area contributed by atoms with Gasteiger partial charge in [-0.15, -0.1) is 0 Å². The monoisotopic (exact) mass is 270 g/mol. The van der Waals surface area contributed by atoms with E-state index < -0.39 is 5.97 Å². The molecule has 1 aromatic carbocycles. The van der Waals surface area contributed by atoms with Crippen LogP contribution in [-0.2, 0) is 11.2 Å². The van der Waals surface area contributed by atoms with E-state index in [0.29, 0.717) is 16.8 Å². The van der Waals surface area contributed by atoms with Gasteiger partial charge in [-0.3, -0.25) is 14.8 Å². The van der Waals surface area contributed by atoms with Crippen molar-refractivity contribution in [3.05, 3.63) is 59.2 Å². The third kappa shape index (κ3) is 3.26. The maximum absolute atomic E-state index is 12.1.